The summed E-state index contributed by atoms with van der Waals surface area (Å²) in [6.07, 6.45) is 1.74. The molecule has 3 nitrogen and oxygen atoms in total. The van der Waals surface area contributed by atoms with Gasteiger partial charge in [0.25, 0.3) is 0 Å². The van der Waals surface area contributed by atoms with E-state index in [0.29, 0.717) is 6.04 Å². The van der Waals surface area contributed by atoms with E-state index in [2.05, 4.69) is 53.4 Å². The Morgan fingerprint density at radius 1 is 1.35 bits per heavy atom. The molecule has 3 heteroatoms. The Hall–Kier alpha value is -1.61. The molecule has 0 unspecified atom stereocenters. The average Bonchev–Trinajstić information content (AvgIpc) is 2.72. The molecule has 0 amide bonds. The first-order chi connectivity index (χ1) is 8.16. The van der Waals surface area contributed by atoms with E-state index in [1.165, 1.54) is 11.1 Å². The first-order valence-corrected chi connectivity index (χ1v) is 5.95. The first kappa shape index (κ1) is 11.9. The van der Waals surface area contributed by atoms with E-state index in [1.807, 2.05) is 6.92 Å². The Kier molecular flexibility index (Phi) is 3.59. The van der Waals surface area contributed by atoms with Gasteiger partial charge in [0.1, 0.15) is 0 Å². The molecule has 0 bridgehead atoms. The van der Waals surface area contributed by atoms with Gasteiger partial charge in [0.05, 0.1) is 12.0 Å². The lowest BCUT2D eigenvalue weighted by atomic mass is 10.1. The summed E-state index contributed by atoms with van der Waals surface area (Å²) in [5.74, 6) is 0. The van der Waals surface area contributed by atoms with Gasteiger partial charge in [0, 0.05) is 18.3 Å². The molecule has 2 rings (SSSR count). The van der Waals surface area contributed by atoms with Crippen LogP contribution in [0.2, 0.25) is 0 Å². The van der Waals surface area contributed by atoms with Gasteiger partial charge < -0.3 is 10.3 Å². The molecule has 0 aliphatic heterocycles. The van der Waals surface area contributed by atoms with E-state index in [4.69, 9.17) is 0 Å². The highest BCUT2D eigenvalue weighted by Gasteiger charge is 2.06. The van der Waals surface area contributed by atoms with Gasteiger partial charge in [-0.2, -0.15) is 0 Å². The van der Waals surface area contributed by atoms with Crippen molar-refractivity contribution in [2.75, 3.05) is 0 Å². The van der Waals surface area contributed by atoms with Gasteiger partial charge in [-0.15, -0.1) is 0 Å². The number of hydrogen-bond donors (Lipinski definition) is 2. The molecule has 2 N–H and O–H groups in total. The Balaban J connectivity index is 1.98. The van der Waals surface area contributed by atoms with Crippen LogP contribution in [0.25, 0.3) is 0 Å². The van der Waals surface area contributed by atoms with Crippen LogP contribution in [0.5, 0.6) is 0 Å². The van der Waals surface area contributed by atoms with Crippen molar-refractivity contribution < 1.29 is 0 Å². The summed E-state index contributed by atoms with van der Waals surface area (Å²) in [4.78, 5) is 7.37. The molecule has 0 fully saturated rings. The van der Waals surface area contributed by atoms with Crippen molar-refractivity contribution in [2.45, 2.75) is 33.4 Å². The van der Waals surface area contributed by atoms with Crippen molar-refractivity contribution in [3.05, 3.63) is 53.1 Å². The fourth-order valence-electron chi connectivity index (χ4n) is 1.87. The zero-order chi connectivity index (χ0) is 12.3. The van der Waals surface area contributed by atoms with Crippen LogP contribution < -0.4 is 5.32 Å². The maximum absolute atomic E-state index is 4.28. The largest absolute Gasteiger partial charge is 0.348 e. The monoisotopic (exact) mass is 229 g/mol. The standard InChI is InChI=1S/C14H19N3/c1-10-5-4-6-13(7-10)11(2)15-8-14-12(3)16-9-17-14/h4-7,9,11,15H,8H2,1-3H3,(H,16,17)/t11-/m1/s1. The Labute approximate surface area is 102 Å². The Morgan fingerprint density at radius 3 is 2.82 bits per heavy atom. The van der Waals surface area contributed by atoms with Gasteiger partial charge in [-0.05, 0) is 26.3 Å². The quantitative estimate of drug-likeness (QED) is 0.846. The third-order valence-corrected chi connectivity index (χ3v) is 3.05. The molecule has 90 valence electrons. The maximum atomic E-state index is 4.28. The smallest absolute Gasteiger partial charge is 0.0925 e. The minimum absolute atomic E-state index is 0.339. The fraction of sp³-hybridized carbons (Fsp3) is 0.357. The molecule has 2 aromatic rings. The second kappa shape index (κ2) is 5.15. The number of aromatic nitrogens is 2. The third-order valence-electron chi connectivity index (χ3n) is 3.05. The van der Waals surface area contributed by atoms with Crippen molar-refractivity contribution in [1.82, 2.24) is 15.3 Å². The molecule has 0 saturated carbocycles. The van der Waals surface area contributed by atoms with Crippen LogP contribution in [0, 0.1) is 13.8 Å². The summed E-state index contributed by atoms with van der Waals surface area (Å²) in [5, 5.41) is 3.49. The topological polar surface area (TPSA) is 40.7 Å². The van der Waals surface area contributed by atoms with E-state index in [0.717, 1.165) is 17.9 Å². The highest BCUT2D eigenvalue weighted by Crippen LogP contribution is 2.14. The molecule has 1 aromatic carbocycles. The van der Waals surface area contributed by atoms with Crippen LogP contribution in [-0.2, 0) is 6.54 Å². The molecule has 0 aliphatic rings. The van der Waals surface area contributed by atoms with E-state index < -0.39 is 0 Å². The van der Waals surface area contributed by atoms with Gasteiger partial charge >= 0.3 is 0 Å². The zero-order valence-corrected chi connectivity index (χ0v) is 10.6. The lowest BCUT2D eigenvalue weighted by Gasteiger charge is -2.14. The fourth-order valence-corrected chi connectivity index (χ4v) is 1.87. The van der Waals surface area contributed by atoms with Crippen molar-refractivity contribution in [3.8, 4) is 0 Å². The van der Waals surface area contributed by atoms with E-state index in [1.54, 1.807) is 6.33 Å². The summed E-state index contributed by atoms with van der Waals surface area (Å²) in [7, 11) is 0. The molecule has 1 aromatic heterocycles. The molecule has 0 saturated heterocycles. The highest BCUT2D eigenvalue weighted by atomic mass is 15.0. The Morgan fingerprint density at radius 2 is 2.18 bits per heavy atom. The van der Waals surface area contributed by atoms with Gasteiger partial charge in [-0.25, -0.2) is 4.98 Å². The molecule has 17 heavy (non-hydrogen) atoms. The van der Waals surface area contributed by atoms with E-state index in [9.17, 15) is 0 Å². The second-order valence-corrected chi connectivity index (χ2v) is 4.49. The predicted molar refractivity (Wildman–Crippen MR) is 69.8 cm³/mol. The summed E-state index contributed by atoms with van der Waals surface area (Å²) in [6, 6.07) is 8.93. The molecule has 0 radical (unpaired) electrons. The average molecular weight is 229 g/mol. The highest BCUT2D eigenvalue weighted by molar-refractivity contribution is 5.24. The SMILES string of the molecule is Cc1cccc([C@@H](C)NCc2nc[nH]c2C)c1. The molecule has 1 heterocycles. The van der Waals surface area contributed by atoms with Crippen LogP contribution >= 0.6 is 0 Å². The van der Waals surface area contributed by atoms with Gasteiger partial charge in [0.2, 0.25) is 0 Å². The van der Waals surface area contributed by atoms with Crippen LogP contribution in [0.15, 0.2) is 30.6 Å². The summed E-state index contributed by atoms with van der Waals surface area (Å²) in [6.45, 7) is 7.14. The number of nitrogens with zero attached hydrogens (tertiary/aromatic N) is 1. The summed E-state index contributed by atoms with van der Waals surface area (Å²) in [5.41, 5.74) is 4.84. The van der Waals surface area contributed by atoms with Crippen LogP contribution in [-0.4, -0.2) is 9.97 Å². The molecular formula is C14H19N3. The molecular weight excluding hydrogens is 210 g/mol. The number of benzene rings is 1. The number of rotatable bonds is 4. The van der Waals surface area contributed by atoms with Gasteiger partial charge in [0.15, 0.2) is 0 Å². The third kappa shape index (κ3) is 2.94. The van der Waals surface area contributed by atoms with Crippen molar-refractivity contribution in [2.24, 2.45) is 0 Å². The minimum atomic E-state index is 0.339. The van der Waals surface area contributed by atoms with Crippen molar-refractivity contribution in [1.29, 1.82) is 0 Å². The Bertz CT molecular complexity index is 488. The number of hydrogen-bond acceptors (Lipinski definition) is 2. The number of H-pyrrole nitrogens is 1. The number of aryl methyl sites for hydroxylation is 2. The lowest BCUT2D eigenvalue weighted by molar-refractivity contribution is 0.567. The summed E-state index contributed by atoms with van der Waals surface area (Å²) < 4.78 is 0. The van der Waals surface area contributed by atoms with Gasteiger partial charge in [-0.3, -0.25) is 0 Å². The van der Waals surface area contributed by atoms with Crippen LogP contribution in [0.4, 0.5) is 0 Å². The second-order valence-electron chi connectivity index (χ2n) is 4.49. The number of imidazole rings is 1. The molecule has 0 aliphatic carbocycles. The van der Waals surface area contributed by atoms with Crippen LogP contribution in [0.3, 0.4) is 0 Å². The lowest BCUT2D eigenvalue weighted by Crippen LogP contribution is -2.18. The van der Waals surface area contributed by atoms with Gasteiger partial charge in [-0.1, -0.05) is 29.8 Å². The van der Waals surface area contributed by atoms with E-state index >= 15 is 0 Å². The molecule has 0 spiro atoms. The first-order valence-electron chi connectivity index (χ1n) is 5.95. The van der Waals surface area contributed by atoms with E-state index in [-0.39, 0.29) is 0 Å². The van der Waals surface area contributed by atoms with Crippen molar-refractivity contribution >= 4 is 0 Å². The molecule has 1 atom stereocenters. The van der Waals surface area contributed by atoms with Crippen molar-refractivity contribution in [3.63, 3.8) is 0 Å². The maximum Gasteiger partial charge on any atom is 0.0925 e. The normalized spacial score (nSPS) is 12.6. The summed E-state index contributed by atoms with van der Waals surface area (Å²) >= 11 is 0. The van der Waals surface area contributed by atoms with Crippen LogP contribution in [0.1, 0.15) is 35.5 Å². The number of aromatic amines is 1. The number of nitrogens with one attached hydrogen (secondary N) is 2. The predicted octanol–water partition coefficient (Wildman–Crippen LogP) is 2.88. The minimum Gasteiger partial charge on any atom is -0.348 e. The zero-order valence-electron chi connectivity index (χ0n) is 10.6.